The number of anilines is 1. The van der Waals surface area contributed by atoms with Crippen molar-refractivity contribution in [1.82, 2.24) is 4.90 Å². The van der Waals surface area contributed by atoms with E-state index in [1.54, 1.807) is 0 Å². The number of nitrogens with two attached hydrogens (primary N) is 1. The largest absolute Gasteiger partial charge is 0.382 e. The summed E-state index contributed by atoms with van der Waals surface area (Å²) in [5, 5.41) is 14.6. The molecule has 1 aliphatic heterocycles. The maximum atomic E-state index is 9.43. The van der Waals surface area contributed by atoms with Crippen LogP contribution in [0.3, 0.4) is 0 Å². The topological polar surface area (TPSA) is 82.2 Å². The Hall–Kier alpha value is -3.16. The zero-order valence-electron chi connectivity index (χ0n) is 24.4. The second kappa shape index (κ2) is 14.5. The Kier molecular flexibility index (Phi) is 10.6. The molecule has 0 spiro atoms. The van der Waals surface area contributed by atoms with Crippen molar-refractivity contribution in [2.24, 2.45) is 11.7 Å². The van der Waals surface area contributed by atoms with Crippen LogP contribution >= 0.6 is 34.5 Å². The summed E-state index contributed by atoms with van der Waals surface area (Å²) in [6, 6.07) is 27.9. The number of rotatable bonds is 9. The predicted octanol–water partition coefficient (Wildman–Crippen LogP) is 8.50. The second-order valence-corrected chi connectivity index (χ2v) is 13.6. The fourth-order valence-electron chi connectivity index (χ4n) is 5.82. The molecule has 1 amide bonds. The van der Waals surface area contributed by atoms with E-state index in [-0.39, 0.29) is 18.2 Å². The molecular weight excluding hydrogens is 595 g/mol. The Balaban J connectivity index is 0.00000118. The molecule has 43 heavy (non-hydrogen) atoms. The summed E-state index contributed by atoms with van der Waals surface area (Å²) >= 11 is 14.4. The molecule has 2 heterocycles. The predicted molar refractivity (Wildman–Crippen MR) is 181 cm³/mol. The van der Waals surface area contributed by atoms with Gasteiger partial charge in [-0.1, -0.05) is 53.5 Å². The number of carbonyl (C=O) groups excluding carboxylic acids is 1. The molecule has 1 aromatic heterocycles. The number of piperidine rings is 1. The number of likely N-dealkylation sites (tertiary alicyclic amines) is 1. The van der Waals surface area contributed by atoms with Crippen LogP contribution in [0.5, 0.6) is 0 Å². The maximum absolute atomic E-state index is 9.43. The molecule has 2 fully saturated rings. The van der Waals surface area contributed by atoms with Crippen molar-refractivity contribution >= 4 is 52.3 Å². The van der Waals surface area contributed by atoms with E-state index in [1.807, 2.05) is 35.6 Å². The molecule has 3 aromatic carbocycles. The van der Waals surface area contributed by atoms with Crippen LogP contribution in [0, 0.1) is 18.3 Å². The van der Waals surface area contributed by atoms with Gasteiger partial charge in [-0.15, -0.1) is 11.3 Å². The van der Waals surface area contributed by atoms with E-state index in [4.69, 9.17) is 28.0 Å². The van der Waals surface area contributed by atoms with Gasteiger partial charge in [0, 0.05) is 61.2 Å². The molecule has 0 unspecified atom stereocenters. The Bertz CT molecular complexity index is 1480. The average Bonchev–Trinajstić information content (AvgIpc) is 3.74. The molecule has 4 aromatic rings. The van der Waals surface area contributed by atoms with Gasteiger partial charge in [0.2, 0.25) is 6.41 Å². The fraction of sp³-hybridized carbons (Fsp3) is 0.314. The third-order valence-electron chi connectivity index (χ3n) is 8.18. The van der Waals surface area contributed by atoms with Crippen molar-refractivity contribution < 1.29 is 4.79 Å². The molecule has 0 bridgehead atoms. The van der Waals surface area contributed by atoms with E-state index >= 15 is 0 Å². The van der Waals surface area contributed by atoms with Crippen LogP contribution in [-0.2, 0) is 11.3 Å². The van der Waals surface area contributed by atoms with Gasteiger partial charge in [0.25, 0.3) is 0 Å². The first-order chi connectivity index (χ1) is 20.8. The lowest BCUT2D eigenvalue weighted by Crippen LogP contribution is -2.36. The van der Waals surface area contributed by atoms with Gasteiger partial charge in [0.1, 0.15) is 0 Å². The highest BCUT2D eigenvalue weighted by Gasteiger charge is 2.28. The number of primary amides is 1. The number of aryl methyl sites for hydroxylation is 1. The van der Waals surface area contributed by atoms with Crippen LogP contribution in [0.2, 0.25) is 10.0 Å². The van der Waals surface area contributed by atoms with Crippen molar-refractivity contribution in [2.75, 3.05) is 18.4 Å². The summed E-state index contributed by atoms with van der Waals surface area (Å²) in [7, 11) is 0. The maximum Gasteiger partial charge on any atom is 0.204 e. The van der Waals surface area contributed by atoms with Gasteiger partial charge in [0.15, 0.2) is 0 Å². The first kappa shape index (κ1) is 31.3. The van der Waals surface area contributed by atoms with Crippen LogP contribution < -0.4 is 11.1 Å². The van der Waals surface area contributed by atoms with Crippen LogP contribution in [0.25, 0.3) is 0 Å². The van der Waals surface area contributed by atoms with Crippen LogP contribution in [0.1, 0.15) is 63.6 Å². The van der Waals surface area contributed by atoms with Crippen molar-refractivity contribution in [3.8, 4) is 0 Å². The van der Waals surface area contributed by atoms with Gasteiger partial charge >= 0.3 is 0 Å². The molecule has 6 rings (SSSR count). The molecule has 2 aliphatic rings. The van der Waals surface area contributed by atoms with Gasteiger partial charge in [-0.05, 0) is 111 Å². The third-order valence-corrected chi connectivity index (χ3v) is 9.67. The lowest BCUT2D eigenvalue weighted by molar-refractivity contribution is -0.106. The average molecular weight is 634 g/mol. The van der Waals surface area contributed by atoms with E-state index in [1.165, 1.54) is 39.3 Å². The van der Waals surface area contributed by atoms with E-state index in [0.29, 0.717) is 6.04 Å². The van der Waals surface area contributed by atoms with Crippen molar-refractivity contribution in [3.63, 3.8) is 0 Å². The standard InChI is InChI=1S/C34H35Cl2N3S.CH3NO/c1-22-2-14-30(40-22)21-39-18-16-25(17-19-39)34(37)31-20-26(7-15-32(31)38-29-12-13-29)33(23-3-8-27(35)9-4-23)24-5-10-28(36)11-6-24;2-1-3/h2-11,14-15,20,25,29,33,37-38H,12-13,16-19,21H2,1H3;1H,(H2,2,3). The van der Waals surface area contributed by atoms with Crippen molar-refractivity contribution in [2.45, 2.75) is 51.1 Å². The number of hydrogen-bond donors (Lipinski definition) is 3. The monoisotopic (exact) mass is 632 g/mol. The van der Waals surface area contributed by atoms with Gasteiger partial charge < -0.3 is 16.5 Å². The molecule has 4 N–H and O–H groups in total. The molecule has 8 heteroatoms. The molecule has 1 aliphatic carbocycles. The molecule has 0 radical (unpaired) electrons. The molecule has 1 saturated heterocycles. The Morgan fingerprint density at radius 3 is 2.00 bits per heavy atom. The summed E-state index contributed by atoms with van der Waals surface area (Å²) < 4.78 is 0. The molecule has 224 valence electrons. The number of carbonyl (C=O) groups is 1. The third kappa shape index (κ3) is 8.27. The lowest BCUT2D eigenvalue weighted by Gasteiger charge is -2.32. The first-order valence-corrected chi connectivity index (χ1v) is 16.3. The number of halogens is 2. The number of amides is 1. The second-order valence-electron chi connectivity index (χ2n) is 11.4. The first-order valence-electron chi connectivity index (χ1n) is 14.8. The normalized spacial score (nSPS) is 15.5. The zero-order valence-corrected chi connectivity index (χ0v) is 26.7. The van der Waals surface area contributed by atoms with Crippen LogP contribution in [0.15, 0.2) is 78.9 Å². The number of nitrogens with one attached hydrogen (secondary N) is 2. The highest BCUT2D eigenvalue weighted by Crippen LogP contribution is 2.37. The minimum atomic E-state index is 0.0205. The van der Waals surface area contributed by atoms with Gasteiger partial charge in [0.05, 0.1) is 0 Å². The summed E-state index contributed by atoms with van der Waals surface area (Å²) in [6.45, 7) is 5.26. The lowest BCUT2D eigenvalue weighted by atomic mass is 9.82. The van der Waals surface area contributed by atoms with E-state index in [9.17, 15) is 5.41 Å². The van der Waals surface area contributed by atoms with Crippen LogP contribution in [-0.4, -0.2) is 36.2 Å². The highest BCUT2D eigenvalue weighted by atomic mass is 35.5. The molecule has 1 saturated carbocycles. The molecule has 5 nitrogen and oxygen atoms in total. The van der Waals surface area contributed by atoms with E-state index in [2.05, 4.69) is 77.5 Å². The molecular formula is C35H38Cl2N4OS. The van der Waals surface area contributed by atoms with Crippen molar-refractivity contribution in [1.29, 1.82) is 5.41 Å². The number of nitrogens with zero attached hydrogens (tertiary/aromatic N) is 1. The Morgan fingerprint density at radius 1 is 0.930 bits per heavy atom. The van der Waals surface area contributed by atoms with Crippen molar-refractivity contribution in [3.05, 3.63) is 121 Å². The quantitative estimate of drug-likeness (QED) is 0.0982. The summed E-state index contributed by atoms with van der Waals surface area (Å²) in [6.07, 6.45) is 4.70. The fourth-order valence-corrected chi connectivity index (χ4v) is 7.00. The summed E-state index contributed by atoms with van der Waals surface area (Å²) in [4.78, 5) is 13.9. The number of hydrogen-bond acceptors (Lipinski definition) is 5. The smallest absolute Gasteiger partial charge is 0.204 e. The Labute approximate surface area is 268 Å². The minimum Gasteiger partial charge on any atom is -0.382 e. The number of benzene rings is 3. The molecule has 0 atom stereocenters. The summed E-state index contributed by atoms with van der Waals surface area (Å²) in [5.74, 6) is 0.285. The minimum absolute atomic E-state index is 0.0205. The summed E-state index contributed by atoms with van der Waals surface area (Å²) in [5.41, 5.74) is 10.6. The number of thiophene rings is 1. The van der Waals surface area contributed by atoms with Gasteiger partial charge in [-0.25, -0.2) is 0 Å². The SMILES string of the molecule is Cc1ccc(CN2CCC(C(=N)c3cc(C(c4ccc(Cl)cc4)c4ccc(Cl)cc4)ccc3NC3CC3)CC2)s1.NC=O. The zero-order chi connectivity index (χ0) is 30.3. The van der Waals surface area contributed by atoms with Crippen LogP contribution in [0.4, 0.5) is 5.69 Å². The van der Waals surface area contributed by atoms with Gasteiger partial charge in [-0.3, -0.25) is 9.69 Å². The highest BCUT2D eigenvalue weighted by molar-refractivity contribution is 7.11. The van der Waals surface area contributed by atoms with E-state index in [0.717, 1.165) is 59.5 Å². The van der Waals surface area contributed by atoms with Gasteiger partial charge in [-0.2, -0.15) is 0 Å². The Morgan fingerprint density at radius 2 is 1.49 bits per heavy atom. The van der Waals surface area contributed by atoms with E-state index < -0.39 is 0 Å².